The fourth-order valence-corrected chi connectivity index (χ4v) is 2.46. The van der Waals surface area contributed by atoms with E-state index in [1.807, 2.05) is 33.9 Å². The van der Waals surface area contributed by atoms with Crippen LogP contribution in [0.15, 0.2) is 6.20 Å². The molecule has 6 nitrogen and oxygen atoms in total. The van der Waals surface area contributed by atoms with Gasteiger partial charge in [-0.2, -0.15) is 5.10 Å². The number of nitrogens with one attached hydrogen (secondary N) is 2. The van der Waals surface area contributed by atoms with Crippen LogP contribution in [0.5, 0.6) is 0 Å². The molecule has 1 aliphatic rings. The van der Waals surface area contributed by atoms with Crippen LogP contribution in [-0.2, 0) is 11.3 Å². The molecule has 1 unspecified atom stereocenters. The normalized spacial score (nSPS) is 19.0. The number of aromatic nitrogens is 2. The predicted octanol–water partition coefficient (Wildman–Crippen LogP) is 2.06. The summed E-state index contributed by atoms with van der Waals surface area (Å²) in [5.41, 5.74) is 1.87. The molecule has 0 radical (unpaired) electrons. The number of hydrogen-bond donors (Lipinski definition) is 2. The van der Waals surface area contributed by atoms with Crippen molar-refractivity contribution < 1.29 is 9.53 Å². The maximum Gasteiger partial charge on any atom is 0.410 e. The van der Waals surface area contributed by atoms with E-state index in [0.717, 1.165) is 38.3 Å². The van der Waals surface area contributed by atoms with Crippen LogP contribution in [0.2, 0.25) is 0 Å². The topological polar surface area (TPSA) is 70.2 Å². The first kappa shape index (κ1) is 15.8. The van der Waals surface area contributed by atoms with E-state index in [1.54, 1.807) is 4.90 Å². The molecule has 1 amide bonds. The van der Waals surface area contributed by atoms with Crippen LogP contribution in [-0.4, -0.2) is 46.4 Å². The third kappa shape index (κ3) is 4.74. The van der Waals surface area contributed by atoms with Crippen molar-refractivity contribution in [2.24, 2.45) is 5.92 Å². The van der Waals surface area contributed by atoms with E-state index in [2.05, 4.69) is 15.5 Å². The summed E-state index contributed by atoms with van der Waals surface area (Å²) in [6.45, 7) is 11.0. The number of likely N-dealkylation sites (tertiary alicyclic amines) is 1. The van der Waals surface area contributed by atoms with Crippen LogP contribution >= 0.6 is 0 Å². The minimum absolute atomic E-state index is 0.198. The number of H-pyrrole nitrogens is 1. The van der Waals surface area contributed by atoms with Gasteiger partial charge in [-0.3, -0.25) is 5.10 Å². The summed E-state index contributed by atoms with van der Waals surface area (Å²) < 4.78 is 5.40. The number of amides is 1. The van der Waals surface area contributed by atoms with Gasteiger partial charge in [0.1, 0.15) is 5.60 Å². The Morgan fingerprint density at radius 2 is 2.33 bits per heavy atom. The molecule has 1 saturated heterocycles. The summed E-state index contributed by atoms with van der Waals surface area (Å²) in [5.74, 6) is 0.490. The van der Waals surface area contributed by atoms with Crippen LogP contribution in [0.4, 0.5) is 4.79 Å². The molecule has 118 valence electrons. The first-order chi connectivity index (χ1) is 9.85. The summed E-state index contributed by atoms with van der Waals surface area (Å²) in [7, 11) is 0. The van der Waals surface area contributed by atoms with E-state index in [1.165, 1.54) is 5.56 Å². The first-order valence-electron chi connectivity index (χ1n) is 7.52. The quantitative estimate of drug-likeness (QED) is 0.892. The fourth-order valence-electron chi connectivity index (χ4n) is 2.46. The molecule has 2 N–H and O–H groups in total. The molecule has 1 aromatic rings. The van der Waals surface area contributed by atoms with Crippen LogP contribution in [0, 0.1) is 12.8 Å². The molecular weight excluding hydrogens is 268 g/mol. The fraction of sp³-hybridized carbons (Fsp3) is 0.733. The Bertz CT molecular complexity index is 478. The third-order valence-corrected chi connectivity index (χ3v) is 3.62. The number of nitrogens with zero attached hydrogens (tertiary/aromatic N) is 2. The van der Waals surface area contributed by atoms with Crippen molar-refractivity contribution in [3.8, 4) is 0 Å². The van der Waals surface area contributed by atoms with Gasteiger partial charge in [0.15, 0.2) is 0 Å². The van der Waals surface area contributed by atoms with Crippen LogP contribution < -0.4 is 5.32 Å². The van der Waals surface area contributed by atoms with Crippen molar-refractivity contribution in [3.05, 3.63) is 17.5 Å². The molecule has 21 heavy (non-hydrogen) atoms. The second kappa shape index (κ2) is 6.47. The SMILES string of the molecule is Cc1[nH]ncc1CNCC1CCN(C(=O)OC(C)(C)C)C1. The lowest BCUT2D eigenvalue weighted by atomic mass is 10.1. The highest BCUT2D eigenvalue weighted by Gasteiger charge is 2.29. The monoisotopic (exact) mass is 294 g/mol. The van der Waals surface area contributed by atoms with Gasteiger partial charge in [0, 0.05) is 37.4 Å². The summed E-state index contributed by atoms with van der Waals surface area (Å²) in [6, 6.07) is 0. The predicted molar refractivity (Wildman–Crippen MR) is 80.9 cm³/mol. The number of ether oxygens (including phenoxy) is 1. The highest BCUT2D eigenvalue weighted by Crippen LogP contribution is 2.19. The van der Waals surface area contributed by atoms with Gasteiger partial charge in [-0.05, 0) is 40.0 Å². The largest absolute Gasteiger partial charge is 0.444 e. The van der Waals surface area contributed by atoms with Gasteiger partial charge in [0.05, 0.1) is 6.20 Å². The van der Waals surface area contributed by atoms with E-state index in [-0.39, 0.29) is 6.09 Å². The molecule has 1 atom stereocenters. The maximum atomic E-state index is 12.0. The summed E-state index contributed by atoms with van der Waals surface area (Å²) in [4.78, 5) is 13.8. The molecule has 1 fully saturated rings. The standard InChI is InChI=1S/C15H26N4O2/c1-11-13(9-17-18-11)8-16-7-12-5-6-19(10-12)14(20)21-15(2,3)4/h9,12,16H,5-8,10H2,1-4H3,(H,17,18). The molecule has 1 aliphatic heterocycles. The van der Waals surface area contributed by atoms with Gasteiger partial charge in [-0.15, -0.1) is 0 Å². The molecule has 0 saturated carbocycles. The second-order valence-electron chi connectivity index (χ2n) is 6.73. The number of carbonyl (C=O) groups excluding carboxylic acids is 1. The number of rotatable bonds is 4. The van der Waals surface area contributed by atoms with Crippen molar-refractivity contribution in [2.45, 2.75) is 46.3 Å². The molecule has 0 aliphatic carbocycles. The molecule has 2 rings (SSSR count). The van der Waals surface area contributed by atoms with Crippen molar-refractivity contribution in [1.29, 1.82) is 0 Å². The van der Waals surface area contributed by atoms with Gasteiger partial charge in [0.25, 0.3) is 0 Å². The summed E-state index contributed by atoms with van der Waals surface area (Å²) in [5, 5.41) is 10.4. The van der Waals surface area contributed by atoms with E-state index < -0.39 is 5.60 Å². The van der Waals surface area contributed by atoms with Crippen molar-refractivity contribution in [2.75, 3.05) is 19.6 Å². The highest BCUT2D eigenvalue weighted by molar-refractivity contribution is 5.68. The van der Waals surface area contributed by atoms with Crippen molar-refractivity contribution >= 4 is 6.09 Å². The van der Waals surface area contributed by atoms with Gasteiger partial charge < -0.3 is 15.0 Å². The van der Waals surface area contributed by atoms with Crippen molar-refractivity contribution in [1.82, 2.24) is 20.4 Å². The zero-order chi connectivity index (χ0) is 15.5. The first-order valence-corrected chi connectivity index (χ1v) is 7.52. The van der Waals surface area contributed by atoms with Crippen LogP contribution in [0.1, 0.15) is 38.4 Å². The van der Waals surface area contributed by atoms with E-state index in [4.69, 9.17) is 4.74 Å². The Labute approximate surface area is 126 Å². The second-order valence-corrected chi connectivity index (χ2v) is 6.73. The summed E-state index contributed by atoms with van der Waals surface area (Å²) >= 11 is 0. The zero-order valence-corrected chi connectivity index (χ0v) is 13.4. The van der Waals surface area contributed by atoms with Crippen LogP contribution in [0.25, 0.3) is 0 Å². The summed E-state index contributed by atoms with van der Waals surface area (Å²) in [6.07, 6.45) is 2.68. The molecule has 1 aromatic heterocycles. The van der Waals surface area contributed by atoms with Gasteiger partial charge in [0.2, 0.25) is 0 Å². The molecule has 0 spiro atoms. The highest BCUT2D eigenvalue weighted by atomic mass is 16.6. The van der Waals surface area contributed by atoms with Gasteiger partial charge in [-0.25, -0.2) is 4.79 Å². The zero-order valence-electron chi connectivity index (χ0n) is 13.4. The Balaban J connectivity index is 1.70. The number of aryl methyl sites for hydroxylation is 1. The van der Waals surface area contributed by atoms with Gasteiger partial charge >= 0.3 is 6.09 Å². The Hall–Kier alpha value is -1.56. The lowest BCUT2D eigenvalue weighted by Gasteiger charge is -2.24. The van der Waals surface area contributed by atoms with E-state index in [0.29, 0.717) is 5.92 Å². The smallest absolute Gasteiger partial charge is 0.410 e. The molecule has 2 heterocycles. The van der Waals surface area contributed by atoms with Gasteiger partial charge in [-0.1, -0.05) is 0 Å². The Kier molecular flexibility index (Phi) is 4.88. The average molecular weight is 294 g/mol. The lowest BCUT2D eigenvalue weighted by Crippen LogP contribution is -2.36. The molecule has 0 bridgehead atoms. The third-order valence-electron chi connectivity index (χ3n) is 3.62. The minimum Gasteiger partial charge on any atom is -0.444 e. The lowest BCUT2D eigenvalue weighted by molar-refractivity contribution is 0.0288. The Morgan fingerprint density at radius 1 is 1.57 bits per heavy atom. The number of aromatic amines is 1. The molecule has 0 aromatic carbocycles. The minimum atomic E-state index is -0.424. The van der Waals surface area contributed by atoms with Crippen LogP contribution in [0.3, 0.4) is 0 Å². The maximum absolute atomic E-state index is 12.0. The number of hydrogen-bond acceptors (Lipinski definition) is 4. The van der Waals surface area contributed by atoms with E-state index in [9.17, 15) is 4.79 Å². The van der Waals surface area contributed by atoms with Crippen molar-refractivity contribution in [3.63, 3.8) is 0 Å². The van der Waals surface area contributed by atoms with E-state index >= 15 is 0 Å². The number of carbonyl (C=O) groups is 1. The molecular formula is C15H26N4O2. The Morgan fingerprint density at radius 3 is 2.95 bits per heavy atom. The molecule has 6 heteroatoms. The average Bonchev–Trinajstić information content (AvgIpc) is 2.97.